The molecule has 6 nitrogen and oxygen atoms in total. The van der Waals surface area contributed by atoms with Gasteiger partial charge in [-0.25, -0.2) is 0 Å². The van der Waals surface area contributed by atoms with Gasteiger partial charge in [0.1, 0.15) is 11.5 Å². The quantitative estimate of drug-likeness (QED) is 0.595. The number of ether oxygens (including phenoxy) is 2. The van der Waals surface area contributed by atoms with Crippen molar-refractivity contribution in [2.24, 2.45) is 0 Å². The molecule has 2 heterocycles. The van der Waals surface area contributed by atoms with E-state index in [0.717, 1.165) is 30.0 Å². The molecule has 1 aromatic heterocycles. The van der Waals surface area contributed by atoms with E-state index >= 15 is 0 Å². The van der Waals surface area contributed by atoms with Gasteiger partial charge in [-0.2, -0.15) is 4.98 Å². The average Bonchev–Trinajstić information content (AvgIpc) is 3.11. The van der Waals surface area contributed by atoms with Crippen LogP contribution < -0.4 is 9.47 Å². The Morgan fingerprint density at radius 3 is 2.62 bits per heavy atom. The van der Waals surface area contributed by atoms with Gasteiger partial charge < -0.3 is 14.0 Å². The smallest absolute Gasteiger partial charge is 0.241 e. The molecule has 6 heteroatoms. The molecule has 4 rings (SSSR count). The molecule has 0 bridgehead atoms. The van der Waals surface area contributed by atoms with E-state index < -0.39 is 0 Å². The van der Waals surface area contributed by atoms with Crippen molar-refractivity contribution in [3.8, 4) is 22.9 Å². The number of rotatable bonds is 6. The fraction of sp³-hybridized carbons (Fsp3) is 0.391. The van der Waals surface area contributed by atoms with Crippen LogP contribution in [0.5, 0.6) is 11.5 Å². The van der Waals surface area contributed by atoms with Gasteiger partial charge in [0.2, 0.25) is 11.7 Å². The number of para-hydroxylation sites is 1. The van der Waals surface area contributed by atoms with E-state index in [0.29, 0.717) is 24.3 Å². The molecule has 0 aliphatic carbocycles. The molecule has 0 saturated carbocycles. The highest BCUT2D eigenvalue weighted by Crippen LogP contribution is 2.33. The van der Waals surface area contributed by atoms with E-state index in [-0.39, 0.29) is 0 Å². The molecule has 1 aliphatic heterocycles. The minimum Gasteiger partial charge on any atom is -0.497 e. The maximum Gasteiger partial charge on any atom is 0.241 e. The van der Waals surface area contributed by atoms with E-state index in [9.17, 15) is 0 Å². The fourth-order valence-electron chi connectivity index (χ4n) is 3.99. The van der Waals surface area contributed by atoms with Crippen LogP contribution in [0.1, 0.15) is 43.2 Å². The Hall–Kier alpha value is -2.86. The second kappa shape index (κ2) is 9.09. The lowest BCUT2D eigenvalue weighted by Crippen LogP contribution is -2.28. The Kier molecular flexibility index (Phi) is 6.10. The van der Waals surface area contributed by atoms with Crippen LogP contribution in [0.4, 0.5) is 0 Å². The molecule has 1 saturated heterocycles. The third-order valence-corrected chi connectivity index (χ3v) is 5.52. The van der Waals surface area contributed by atoms with Gasteiger partial charge in [0.25, 0.3) is 0 Å². The Morgan fingerprint density at radius 1 is 1.00 bits per heavy atom. The highest BCUT2D eigenvalue weighted by molar-refractivity contribution is 5.63. The van der Waals surface area contributed by atoms with Gasteiger partial charge in [0.05, 0.1) is 26.3 Å². The molecular formula is C23H27N3O3. The first-order valence-corrected chi connectivity index (χ1v) is 10.1. The number of hydrogen-bond donors (Lipinski definition) is 0. The Morgan fingerprint density at radius 2 is 1.83 bits per heavy atom. The Labute approximate surface area is 171 Å². The topological polar surface area (TPSA) is 60.6 Å². The second-order valence-corrected chi connectivity index (χ2v) is 7.32. The molecule has 1 aliphatic rings. The summed E-state index contributed by atoms with van der Waals surface area (Å²) in [5, 5.41) is 4.20. The Bertz CT molecular complexity index is 923. The van der Waals surface area contributed by atoms with Crippen LogP contribution in [0.3, 0.4) is 0 Å². The molecule has 0 radical (unpaired) electrons. The Balaban J connectivity index is 1.55. The molecule has 0 N–H and O–H groups in total. The summed E-state index contributed by atoms with van der Waals surface area (Å²) in [5.41, 5.74) is 2.14. The number of benzene rings is 2. The van der Waals surface area contributed by atoms with Gasteiger partial charge in [-0.3, -0.25) is 4.90 Å². The zero-order valence-corrected chi connectivity index (χ0v) is 17.0. The lowest BCUT2D eigenvalue weighted by Gasteiger charge is -2.29. The summed E-state index contributed by atoms with van der Waals surface area (Å²) in [6, 6.07) is 16.5. The lowest BCUT2D eigenvalue weighted by molar-refractivity contribution is 0.168. The highest BCUT2D eigenvalue weighted by Gasteiger charge is 2.25. The molecular weight excluding hydrogens is 366 g/mol. The maximum atomic E-state index is 5.60. The highest BCUT2D eigenvalue weighted by atomic mass is 16.5. The summed E-state index contributed by atoms with van der Waals surface area (Å²) in [6.45, 7) is 1.65. The standard InChI is InChI=1S/C23H27N3O3/c1-27-18-13-11-17(12-14-18)20-9-4-3-7-15-26(20)16-22-24-23(25-29-22)19-8-5-6-10-21(19)28-2/h5-6,8,10-14,20H,3-4,7,9,15-16H2,1-2H3/t20-/m0/s1. The summed E-state index contributed by atoms with van der Waals surface area (Å²) >= 11 is 0. The van der Waals surface area contributed by atoms with Crippen molar-refractivity contribution in [2.75, 3.05) is 20.8 Å². The van der Waals surface area contributed by atoms with Crippen LogP contribution in [0.25, 0.3) is 11.4 Å². The third kappa shape index (κ3) is 4.43. The van der Waals surface area contributed by atoms with Crippen LogP contribution in [0.15, 0.2) is 53.1 Å². The molecule has 152 valence electrons. The second-order valence-electron chi connectivity index (χ2n) is 7.32. The summed E-state index contributed by atoms with van der Waals surface area (Å²) in [7, 11) is 3.35. The van der Waals surface area contributed by atoms with E-state index in [1.54, 1.807) is 14.2 Å². The zero-order valence-electron chi connectivity index (χ0n) is 17.0. The average molecular weight is 393 g/mol. The fourth-order valence-corrected chi connectivity index (χ4v) is 3.99. The van der Waals surface area contributed by atoms with E-state index in [2.05, 4.69) is 27.2 Å². The van der Waals surface area contributed by atoms with Crippen molar-refractivity contribution in [2.45, 2.75) is 38.3 Å². The normalized spacial score (nSPS) is 17.7. The SMILES string of the molecule is COc1ccc([C@@H]2CCCCCN2Cc2nc(-c3ccccc3OC)no2)cc1. The van der Waals surface area contributed by atoms with Gasteiger partial charge in [0.15, 0.2) is 0 Å². The first-order chi connectivity index (χ1) is 14.3. The van der Waals surface area contributed by atoms with Gasteiger partial charge >= 0.3 is 0 Å². The van der Waals surface area contributed by atoms with Crippen molar-refractivity contribution in [3.05, 3.63) is 60.0 Å². The van der Waals surface area contributed by atoms with Gasteiger partial charge in [0, 0.05) is 6.04 Å². The third-order valence-electron chi connectivity index (χ3n) is 5.52. The number of likely N-dealkylation sites (tertiary alicyclic amines) is 1. The van der Waals surface area contributed by atoms with Crippen LogP contribution in [0.2, 0.25) is 0 Å². The number of methoxy groups -OCH3 is 2. The van der Waals surface area contributed by atoms with Crippen LogP contribution in [-0.2, 0) is 6.54 Å². The minimum atomic E-state index is 0.338. The van der Waals surface area contributed by atoms with E-state index in [1.165, 1.54) is 24.8 Å². The summed E-state index contributed by atoms with van der Waals surface area (Å²) in [6.07, 6.45) is 4.78. The van der Waals surface area contributed by atoms with Crippen molar-refractivity contribution in [1.29, 1.82) is 0 Å². The molecule has 3 aromatic rings. The van der Waals surface area contributed by atoms with Crippen LogP contribution in [-0.4, -0.2) is 35.8 Å². The van der Waals surface area contributed by atoms with Gasteiger partial charge in [-0.15, -0.1) is 0 Å². The molecule has 1 fully saturated rings. The van der Waals surface area contributed by atoms with Crippen molar-refractivity contribution < 1.29 is 14.0 Å². The van der Waals surface area contributed by atoms with Crippen molar-refractivity contribution in [3.63, 3.8) is 0 Å². The molecule has 2 aromatic carbocycles. The molecule has 0 amide bonds. The van der Waals surface area contributed by atoms with E-state index in [4.69, 9.17) is 14.0 Å². The molecule has 1 atom stereocenters. The van der Waals surface area contributed by atoms with Crippen molar-refractivity contribution >= 4 is 0 Å². The van der Waals surface area contributed by atoms with Crippen LogP contribution >= 0.6 is 0 Å². The largest absolute Gasteiger partial charge is 0.497 e. The number of nitrogens with zero attached hydrogens (tertiary/aromatic N) is 3. The van der Waals surface area contributed by atoms with Crippen molar-refractivity contribution in [1.82, 2.24) is 15.0 Å². The maximum absolute atomic E-state index is 5.60. The summed E-state index contributed by atoms with van der Waals surface area (Å²) in [4.78, 5) is 7.10. The van der Waals surface area contributed by atoms with Crippen LogP contribution in [0, 0.1) is 0 Å². The first-order valence-electron chi connectivity index (χ1n) is 10.1. The van der Waals surface area contributed by atoms with E-state index in [1.807, 2.05) is 36.4 Å². The monoisotopic (exact) mass is 393 g/mol. The molecule has 0 unspecified atom stereocenters. The summed E-state index contributed by atoms with van der Waals surface area (Å²) < 4.78 is 16.3. The van der Waals surface area contributed by atoms with Gasteiger partial charge in [-0.05, 0) is 49.2 Å². The zero-order chi connectivity index (χ0) is 20.1. The minimum absolute atomic E-state index is 0.338. The molecule has 0 spiro atoms. The lowest BCUT2D eigenvalue weighted by atomic mass is 10.0. The predicted octanol–water partition coefficient (Wildman–Crippen LogP) is 4.87. The molecule has 29 heavy (non-hydrogen) atoms. The predicted molar refractivity (Wildman–Crippen MR) is 111 cm³/mol. The number of hydrogen-bond acceptors (Lipinski definition) is 6. The number of aromatic nitrogens is 2. The van der Waals surface area contributed by atoms with Gasteiger partial charge in [-0.1, -0.05) is 42.3 Å². The summed E-state index contributed by atoms with van der Waals surface area (Å²) in [5.74, 6) is 2.82. The first kappa shape index (κ1) is 19.5.